The summed E-state index contributed by atoms with van der Waals surface area (Å²) in [6, 6.07) is 16.5. The molecule has 0 bridgehead atoms. The quantitative estimate of drug-likeness (QED) is 0.485. The van der Waals surface area contributed by atoms with Crippen molar-refractivity contribution in [3.05, 3.63) is 66.4 Å². The van der Waals surface area contributed by atoms with E-state index in [2.05, 4.69) is 32.8 Å². The van der Waals surface area contributed by atoms with Crippen LogP contribution in [-0.2, 0) is 4.79 Å². The molecule has 154 valence electrons. The van der Waals surface area contributed by atoms with Crippen LogP contribution in [0.3, 0.4) is 0 Å². The summed E-state index contributed by atoms with van der Waals surface area (Å²) >= 11 is 0. The van der Waals surface area contributed by atoms with Crippen LogP contribution in [0.15, 0.2) is 60.8 Å². The molecule has 3 N–H and O–H groups in total. The molecule has 1 aromatic heterocycles. The number of unbranched alkanes of at least 4 members (excludes halogenated alkanes) is 1. The smallest absolute Gasteiger partial charge is 0.251 e. The van der Waals surface area contributed by atoms with Crippen LogP contribution in [0, 0.1) is 0 Å². The Labute approximate surface area is 176 Å². The molecule has 0 saturated carbocycles. The van der Waals surface area contributed by atoms with Crippen molar-refractivity contribution in [2.24, 2.45) is 0 Å². The lowest BCUT2D eigenvalue weighted by molar-refractivity contribution is -0.114. The molecule has 3 aromatic rings. The Hall–Kier alpha value is -3.74. The summed E-state index contributed by atoms with van der Waals surface area (Å²) in [7, 11) is 0. The number of nitrogens with zero attached hydrogens (tertiary/aromatic N) is 2. The molecule has 2 amide bonds. The Morgan fingerprint density at radius 3 is 2.53 bits per heavy atom. The zero-order chi connectivity index (χ0) is 21.3. The maximum Gasteiger partial charge on any atom is 0.251 e. The fourth-order valence-electron chi connectivity index (χ4n) is 2.86. The molecule has 30 heavy (non-hydrogen) atoms. The number of amides is 2. The monoisotopic (exact) mass is 403 g/mol. The largest absolute Gasteiger partial charge is 0.352 e. The van der Waals surface area contributed by atoms with E-state index in [1.165, 1.54) is 6.92 Å². The maximum atomic E-state index is 12.3. The Balaban J connectivity index is 1.72. The third-order valence-electron chi connectivity index (χ3n) is 4.35. The molecule has 0 spiro atoms. The number of rotatable bonds is 8. The zero-order valence-corrected chi connectivity index (χ0v) is 17.1. The number of nitrogens with one attached hydrogen (secondary N) is 3. The highest BCUT2D eigenvalue weighted by molar-refractivity contribution is 5.95. The minimum absolute atomic E-state index is 0.0963. The minimum Gasteiger partial charge on any atom is -0.352 e. The van der Waals surface area contributed by atoms with E-state index in [1.807, 2.05) is 42.5 Å². The van der Waals surface area contributed by atoms with Gasteiger partial charge in [-0.15, -0.1) is 0 Å². The summed E-state index contributed by atoms with van der Waals surface area (Å²) in [6.45, 7) is 4.22. The molecule has 0 aliphatic rings. The molecule has 0 fully saturated rings. The molecule has 0 radical (unpaired) electrons. The lowest BCUT2D eigenvalue weighted by Gasteiger charge is -2.09. The maximum absolute atomic E-state index is 12.3. The number of aromatic nitrogens is 2. The normalized spacial score (nSPS) is 10.3. The van der Waals surface area contributed by atoms with Gasteiger partial charge in [0, 0.05) is 42.2 Å². The van der Waals surface area contributed by atoms with Gasteiger partial charge in [-0.25, -0.2) is 9.97 Å². The second-order valence-electron chi connectivity index (χ2n) is 6.84. The number of hydrogen-bond acceptors (Lipinski definition) is 5. The van der Waals surface area contributed by atoms with Crippen LogP contribution in [0.1, 0.15) is 37.0 Å². The average molecular weight is 403 g/mol. The first-order valence-electron chi connectivity index (χ1n) is 9.91. The van der Waals surface area contributed by atoms with Crippen LogP contribution in [-0.4, -0.2) is 28.3 Å². The molecule has 0 unspecified atom stereocenters. The van der Waals surface area contributed by atoms with Gasteiger partial charge in [0.1, 0.15) is 0 Å². The molecule has 1 heterocycles. The van der Waals surface area contributed by atoms with Gasteiger partial charge in [0.2, 0.25) is 11.9 Å². The highest BCUT2D eigenvalue weighted by Crippen LogP contribution is 2.22. The van der Waals surface area contributed by atoms with Crippen LogP contribution >= 0.6 is 0 Å². The molecule has 0 atom stereocenters. The van der Waals surface area contributed by atoms with Crippen molar-refractivity contribution >= 4 is 29.1 Å². The molecule has 0 aliphatic carbocycles. The third-order valence-corrected chi connectivity index (χ3v) is 4.35. The Morgan fingerprint density at radius 2 is 1.80 bits per heavy atom. The lowest BCUT2D eigenvalue weighted by Crippen LogP contribution is -2.24. The van der Waals surface area contributed by atoms with Crippen molar-refractivity contribution in [1.82, 2.24) is 15.3 Å². The average Bonchev–Trinajstić information content (AvgIpc) is 2.74. The van der Waals surface area contributed by atoms with Gasteiger partial charge in [-0.05, 0) is 42.8 Å². The molecule has 0 aliphatic heterocycles. The summed E-state index contributed by atoms with van der Waals surface area (Å²) in [5, 5.41) is 8.81. The molecular formula is C23H25N5O2. The van der Waals surface area contributed by atoms with Crippen LogP contribution < -0.4 is 16.0 Å². The van der Waals surface area contributed by atoms with Gasteiger partial charge in [0.05, 0.1) is 5.69 Å². The summed E-state index contributed by atoms with van der Waals surface area (Å²) in [5.41, 5.74) is 3.69. The summed E-state index contributed by atoms with van der Waals surface area (Å²) in [5.74, 6) is 0.223. The first-order valence-corrected chi connectivity index (χ1v) is 9.91. The molecule has 2 aromatic carbocycles. The predicted octanol–water partition coefficient (Wildman–Crippen LogP) is 4.38. The van der Waals surface area contributed by atoms with Gasteiger partial charge < -0.3 is 16.0 Å². The van der Waals surface area contributed by atoms with E-state index in [1.54, 1.807) is 18.3 Å². The Kier molecular flexibility index (Phi) is 7.10. The van der Waals surface area contributed by atoms with Crippen LogP contribution in [0.25, 0.3) is 11.3 Å². The summed E-state index contributed by atoms with van der Waals surface area (Å²) < 4.78 is 0. The van der Waals surface area contributed by atoms with E-state index >= 15 is 0 Å². The number of anilines is 3. The second kappa shape index (κ2) is 10.2. The second-order valence-corrected chi connectivity index (χ2v) is 6.84. The van der Waals surface area contributed by atoms with E-state index in [9.17, 15) is 9.59 Å². The van der Waals surface area contributed by atoms with Gasteiger partial charge >= 0.3 is 0 Å². The van der Waals surface area contributed by atoms with E-state index in [4.69, 9.17) is 0 Å². The van der Waals surface area contributed by atoms with E-state index < -0.39 is 0 Å². The van der Waals surface area contributed by atoms with Crippen molar-refractivity contribution in [3.63, 3.8) is 0 Å². The molecular weight excluding hydrogens is 378 g/mol. The number of hydrogen-bond donors (Lipinski definition) is 3. The van der Waals surface area contributed by atoms with Crippen molar-refractivity contribution in [3.8, 4) is 11.3 Å². The van der Waals surface area contributed by atoms with E-state index in [0.717, 1.165) is 35.5 Å². The molecule has 7 nitrogen and oxygen atoms in total. The molecule has 7 heteroatoms. The van der Waals surface area contributed by atoms with Gasteiger partial charge in [0.25, 0.3) is 5.91 Å². The number of carbonyl (C=O) groups is 2. The van der Waals surface area contributed by atoms with E-state index in [0.29, 0.717) is 18.1 Å². The highest BCUT2D eigenvalue weighted by Gasteiger charge is 2.07. The van der Waals surface area contributed by atoms with Crippen LogP contribution in [0.4, 0.5) is 17.3 Å². The van der Waals surface area contributed by atoms with Crippen molar-refractivity contribution < 1.29 is 9.59 Å². The first kappa shape index (κ1) is 21.0. The minimum atomic E-state index is -0.113. The fraction of sp³-hybridized carbons (Fsp3) is 0.217. The fourth-order valence-corrected chi connectivity index (χ4v) is 2.86. The van der Waals surface area contributed by atoms with Gasteiger partial charge in [-0.3, -0.25) is 9.59 Å². The van der Waals surface area contributed by atoms with Gasteiger partial charge in [-0.2, -0.15) is 0 Å². The van der Waals surface area contributed by atoms with Crippen molar-refractivity contribution in [1.29, 1.82) is 0 Å². The molecule has 3 rings (SSSR count). The van der Waals surface area contributed by atoms with Crippen LogP contribution in [0.2, 0.25) is 0 Å². The standard InChI is InChI=1S/C23H25N5O2/c1-3-4-13-24-22(30)18-6-5-7-20(15-18)27-23-25-14-12-21(28-23)17-8-10-19(11-9-17)26-16(2)29/h5-12,14-15H,3-4,13H2,1-2H3,(H,24,30)(H,26,29)(H,25,27,28). The topological polar surface area (TPSA) is 96.0 Å². The number of benzene rings is 2. The lowest BCUT2D eigenvalue weighted by atomic mass is 10.1. The van der Waals surface area contributed by atoms with Crippen molar-refractivity contribution in [2.75, 3.05) is 17.2 Å². The van der Waals surface area contributed by atoms with Gasteiger partial charge in [-0.1, -0.05) is 31.5 Å². The predicted molar refractivity (Wildman–Crippen MR) is 119 cm³/mol. The van der Waals surface area contributed by atoms with Gasteiger partial charge in [0.15, 0.2) is 0 Å². The molecule has 0 saturated heterocycles. The third kappa shape index (κ3) is 5.88. The first-order chi connectivity index (χ1) is 14.5. The van der Waals surface area contributed by atoms with Crippen LogP contribution in [0.5, 0.6) is 0 Å². The SMILES string of the molecule is CCCCNC(=O)c1cccc(Nc2nccc(-c3ccc(NC(C)=O)cc3)n2)c1. The Bertz CT molecular complexity index is 1020. The van der Waals surface area contributed by atoms with Crippen molar-refractivity contribution in [2.45, 2.75) is 26.7 Å². The Morgan fingerprint density at radius 1 is 1.00 bits per heavy atom. The summed E-state index contributed by atoms with van der Waals surface area (Å²) in [6.07, 6.45) is 3.66. The van der Waals surface area contributed by atoms with E-state index in [-0.39, 0.29) is 11.8 Å². The zero-order valence-electron chi connectivity index (χ0n) is 17.1. The highest BCUT2D eigenvalue weighted by atomic mass is 16.2. The summed E-state index contributed by atoms with van der Waals surface area (Å²) in [4.78, 5) is 32.2. The number of carbonyl (C=O) groups excluding carboxylic acids is 2.